The summed E-state index contributed by atoms with van der Waals surface area (Å²) in [5, 5.41) is 12.0. The van der Waals surface area contributed by atoms with Crippen molar-refractivity contribution in [3.63, 3.8) is 0 Å². The number of nitrogens with one attached hydrogen (secondary N) is 1. The lowest BCUT2D eigenvalue weighted by molar-refractivity contribution is -0.139. The average Bonchev–Trinajstić information content (AvgIpc) is 3.85. The summed E-state index contributed by atoms with van der Waals surface area (Å²) in [5.74, 6) is -1.99. The van der Waals surface area contributed by atoms with Crippen LogP contribution in [0.25, 0.3) is 22.1 Å². The van der Waals surface area contributed by atoms with E-state index in [1.54, 1.807) is 16.3 Å². The van der Waals surface area contributed by atoms with Gasteiger partial charge in [0.25, 0.3) is 0 Å². The third-order valence-corrected chi connectivity index (χ3v) is 16.2. The first-order chi connectivity index (χ1) is 32.7. The minimum atomic E-state index is -2.54. The third kappa shape index (κ3) is 14.6. The molecular formula is C53H77F4N7O4S2. The summed E-state index contributed by atoms with van der Waals surface area (Å²) in [6.07, 6.45) is 5.00. The molecule has 11 nitrogen and oxygen atoms in total. The zero-order valence-electron chi connectivity index (χ0n) is 42.8. The Morgan fingerprint density at radius 1 is 0.714 bits per heavy atom. The summed E-state index contributed by atoms with van der Waals surface area (Å²) >= 11 is 1.73. The summed E-state index contributed by atoms with van der Waals surface area (Å²) in [5.41, 5.74) is 3.39. The molecule has 1 unspecified atom stereocenters. The minimum absolute atomic E-state index is 0.00495. The molecule has 4 aromatic rings. The lowest BCUT2D eigenvalue weighted by Crippen LogP contribution is -2.48. The Hall–Kier alpha value is -3.54. The van der Waals surface area contributed by atoms with E-state index in [1.165, 1.54) is 0 Å². The number of carbonyl (C=O) groups is 2. The molecule has 9 rings (SSSR count). The maximum atomic E-state index is 13.7. The summed E-state index contributed by atoms with van der Waals surface area (Å²) in [4.78, 5) is 34.5. The number of benzene rings is 2. The van der Waals surface area contributed by atoms with Crippen LogP contribution in [0.2, 0.25) is 0 Å². The fourth-order valence-corrected chi connectivity index (χ4v) is 12.4. The van der Waals surface area contributed by atoms with Gasteiger partial charge in [-0.2, -0.15) is 0 Å². The number of carbonyl (C=O) groups excluding carboxylic acids is 1. The van der Waals surface area contributed by atoms with Crippen LogP contribution >= 0.6 is 11.9 Å². The van der Waals surface area contributed by atoms with E-state index in [-0.39, 0.29) is 66.6 Å². The second-order valence-corrected chi connectivity index (χ2v) is 26.3. The van der Waals surface area contributed by atoms with Crippen molar-refractivity contribution in [3.8, 4) is 0 Å². The van der Waals surface area contributed by atoms with Crippen molar-refractivity contribution in [2.45, 2.75) is 191 Å². The number of rotatable bonds is 13. The molecule has 70 heavy (non-hydrogen) atoms. The first-order valence-corrected chi connectivity index (χ1v) is 27.5. The van der Waals surface area contributed by atoms with Gasteiger partial charge in [0.05, 0.1) is 33.4 Å². The number of fused-ring (bicyclic) bond motifs is 2. The molecule has 0 spiro atoms. The normalized spacial score (nSPS) is 21.1. The van der Waals surface area contributed by atoms with Gasteiger partial charge >= 0.3 is 5.97 Å². The molecule has 2 aromatic heterocycles. The number of hydrogen-bond donors (Lipinski definition) is 2. The van der Waals surface area contributed by atoms with Gasteiger partial charge in [-0.15, -0.1) is 0 Å². The lowest BCUT2D eigenvalue weighted by atomic mass is 9.86. The topological polar surface area (TPSA) is 126 Å². The molecule has 2 aliphatic heterocycles. The summed E-state index contributed by atoms with van der Waals surface area (Å²) in [6, 6.07) is 12.5. The SMILES string of the molecule is CC(C)(C)c1nc2cc(S(=O)N3CC(CC(=O)O)C3)ccc2n1CC1CCC(F)(F)CC1.CC(C)(C)c1nc2cc(SN3CC(CC(=O)NC4CC4)C3)ccc2n1CC1CCC(F)(F)CC1.CC(C)C. The number of hydrogen-bond acceptors (Lipinski definition) is 7. The Morgan fingerprint density at radius 3 is 1.63 bits per heavy atom. The van der Waals surface area contributed by atoms with Crippen LogP contribution < -0.4 is 5.32 Å². The van der Waals surface area contributed by atoms with Crippen LogP contribution in [0.15, 0.2) is 46.2 Å². The van der Waals surface area contributed by atoms with E-state index in [1.807, 2.05) is 18.2 Å². The summed E-state index contributed by atoms with van der Waals surface area (Å²) in [6.45, 7) is 23.5. The van der Waals surface area contributed by atoms with Crippen molar-refractivity contribution < 1.29 is 36.5 Å². The van der Waals surface area contributed by atoms with Gasteiger partial charge in [0.2, 0.25) is 17.8 Å². The number of aliphatic carboxylic acids is 1. The highest BCUT2D eigenvalue weighted by molar-refractivity contribution is 7.97. The molecule has 4 heterocycles. The quantitative estimate of drug-likeness (QED) is 0.100. The number of imidazole rings is 2. The molecule has 2 N–H and O–H groups in total. The molecule has 5 aliphatic rings. The molecule has 2 saturated heterocycles. The molecule has 5 fully saturated rings. The highest BCUT2D eigenvalue weighted by Gasteiger charge is 2.38. The number of alkyl halides is 4. The van der Waals surface area contributed by atoms with Crippen molar-refractivity contribution in [1.82, 2.24) is 33.0 Å². The number of aromatic nitrogens is 4. The number of nitrogens with zero attached hydrogens (tertiary/aromatic N) is 6. The second-order valence-electron chi connectivity index (χ2n) is 23.6. The summed E-state index contributed by atoms with van der Waals surface area (Å²) in [7, 11) is -1.36. The van der Waals surface area contributed by atoms with Crippen molar-refractivity contribution in [3.05, 3.63) is 48.0 Å². The van der Waals surface area contributed by atoms with Gasteiger partial charge in [0, 0.05) is 93.1 Å². The average molecular weight is 1020 g/mol. The van der Waals surface area contributed by atoms with Gasteiger partial charge < -0.3 is 19.6 Å². The fourth-order valence-electron chi connectivity index (χ4n) is 9.82. The van der Waals surface area contributed by atoms with Gasteiger partial charge in [0.1, 0.15) is 22.6 Å². The molecule has 3 aliphatic carbocycles. The second kappa shape index (κ2) is 21.9. The van der Waals surface area contributed by atoms with E-state index >= 15 is 0 Å². The van der Waals surface area contributed by atoms with Crippen molar-refractivity contribution in [2.75, 3.05) is 26.2 Å². The van der Waals surface area contributed by atoms with Crippen LogP contribution in [0.3, 0.4) is 0 Å². The van der Waals surface area contributed by atoms with E-state index < -0.39 is 28.8 Å². The highest BCUT2D eigenvalue weighted by Crippen LogP contribution is 2.41. The van der Waals surface area contributed by atoms with Crippen LogP contribution in [0.4, 0.5) is 17.6 Å². The standard InChI is InChI=1S/C26H36F2N4OS.C23H31F2N3O3S.C4H10/c1-25(2,3)24-30-21-13-20(34-31-14-18(15-31)12-23(33)29-19-4-5-19)6-7-22(21)32(24)16-17-8-10-26(27,28)11-9-17;1-22(2,3)21-26-18-11-17(32(31)27-12-16(13-27)10-20(29)30)4-5-19(18)28(21)14-15-6-8-23(24,25)9-7-15;1-4(2)3/h6-7,13,17-19H,4-5,8-12,14-16H2,1-3H3,(H,29,33);4-5,11,15-16H,6-10,12-14H2,1-3H3,(H,29,30);4H,1-3H3. The van der Waals surface area contributed by atoms with Crippen molar-refractivity contribution in [1.29, 1.82) is 0 Å². The number of carboxylic acids is 1. The zero-order chi connectivity index (χ0) is 50.9. The first-order valence-electron chi connectivity index (χ1n) is 25.6. The highest BCUT2D eigenvalue weighted by atomic mass is 32.2. The monoisotopic (exact) mass is 1020 g/mol. The van der Waals surface area contributed by atoms with Crippen molar-refractivity contribution in [2.24, 2.45) is 29.6 Å². The van der Waals surface area contributed by atoms with Crippen LogP contribution in [0, 0.1) is 29.6 Å². The predicted octanol–water partition coefficient (Wildman–Crippen LogP) is 12.0. The van der Waals surface area contributed by atoms with Crippen LogP contribution in [0.1, 0.15) is 151 Å². The molecule has 388 valence electrons. The lowest BCUT2D eigenvalue weighted by Gasteiger charge is -2.37. The van der Waals surface area contributed by atoms with Crippen LogP contribution in [0.5, 0.6) is 0 Å². The van der Waals surface area contributed by atoms with Crippen LogP contribution in [-0.2, 0) is 44.5 Å². The molecular weight excluding hydrogens is 939 g/mol. The van der Waals surface area contributed by atoms with E-state index in [0.29, 0.717) is 68.6 Å². The zero-order valence-corrected chi connectivity index (χ0v) is 44.5. The number of carboxylic acid groups (broad SMARTS) is 1. The molecule has 3 saturated carbocycles. The summed E-state index contributed by atoms with van der Waals surface area (Å²) < 4.78 is 76.0. The fraction of sp³-hybridized carbons (Fsp3) is 0.698. The van der Waals surface area contributed by atoms with Crippen LogP contribution in [-0.4, -0.2) is 93.0 Å². The molecule has 2 aromatic carbocycles. The smallest absolute Gasteiger partial charge is 0.303 e. The molecule has 0 bridgehead atoms. The van der Waals surface area contributed by atoms with Gasteiger partial charge in [-0.25, -0.2) is 40.3 Å². The minimum Gasteiger partial charge on any atom is -0.481 e. The maximum Gasteiger partial charge on any atom is 0.303 e. The first kappa shape index (κ1) is 54.2. The third-order valence-electron chi connectivity index (χ3n) is 13.7. The Balaban J connectivity index is 0.000000192. The molecule has 1 atom stereocenters. The van der Waals surface area contributed by atoms with E-state index in [4.69, 9.17) is 15.1 Å². The largest absolute Gasteiger partial charge is 0.481 e. The Kier molecular flexibility index (Phi) is 17.0. The maximum absolute atomic E-state index is 13.7. The van der Waals surface area contributed by atoms with Gasteiger partial charge in [-0.1, -0.05) is 62.3 Å². The van der Waals surface area contributed by atoms with E-state index in [9.17, 15) is 31.4 Å². The number of halogens is 4. The van der Waals surface area contributed by atoms with E-state index in [0.717, 1.165) is 77.0 Å². The van der Waals surface area contributed by atoms with Gasteiger partial charge in [-0.3, -0.25) is 9.59 Å². The Bertz CT molecular complexity index is 2460. The molecule has 17 heteroatoms. The number of amides is 1. The van der Waals surface area contributed by atoms with Gasteiger partial charge in [0.15, 0.2) is 0 Å². The van der Waals surface area contributed by atoms with Gasteiger partial charge in [-0.05, 0) is 116 Å². The Morgan fingerprint density at radius 2 is 1.17 bits per heavy atom. The van der Waals surface area contributed by atoms with Crippen molar-refractivity contribution >= 4 is 56.9 Å². The molecule has 0 radical (unpaired) electrons. The van der Waals surface area contributed by atoms with E-state index in [2.05, 4.69) is 99.3 Å². The predicted molar refractivity (Wildman–Crippen MR) is 272 cm³/mol. The Labute approximate surface area is 419 Å². The molecule has 1 amide bonds.